The van der Waals surface area contributed by atoms with Crippen LogP contribution in [0.4, 0.5) is 0 Å². The molecule has 1 fully saturated rings. The molecular formula is C17H22N2O4. The molecule has 0 radical (unpaired) electrons. The van der Waals surface area contributed by atoms with E-state index in [0.717, 1.165) is 17.3 Å². The first kappa shape index (κ1) is 15.7. The minimum Gasteiger partial charge on any atom is -0.496 e. The zero-order valence-corrected chi connectivity index (χ0v) is 13.7. The Bertz CT molecular complexity index is 738. The molecule has 6 heteroatoms. The second-order valence-electron chi connectivity index (χ2n) is 5.91. The number of likely N-dealkylation sites (tertiary alicyclic amines) is 1. The Labute approximate surface area is 135 Å². The first-order valence-electron chi connectivity index (χ1n) is 7.71. The highest BCUT2D eigenvalue weighted by Gasteiger charge is 2.29. The Hall–Kier alpha value is -2.21. The standard InChI is InChI=1S/C17H22N2O4/c1-18-13(17(21)19-7-6-11(9-19)10-20)8-12-14(22-2)4-5-15(23-3)16(12)18/h4-5,8,11,20H,6-7,9-10H2,1-3H3/t11-/m1/s1. The van der Waals surface area contributed by atoms with Crippen molar-refractivity contribution in [2.24, 2.45) is 13.0 Å². The van der Waals surface area contributed by atoms with E-state index in [1.807, 2.05) is 29.8 Å². The van der Waals surface area contributed by atoms with Crippen LogP contribution in [0.2, 0.25) is 0 Å². The molecule has 23 heavy (non-hydrogen) atoms. The third-order valence-corrected chi connectivity index (χ3v) is 4.61. The monoisotopic (exact) mass is 318 g/mol. The molecule has 2 heterocycles. The molecule has 3 rings (SSSR count). The molecule has 1 saturated heterocycles. The SMILES string of the molecule is COc1ccc(OC)c2c1cc(C(=O)N1CC[C@@H](CO)C1)n2C. The van der Waals surface area contributed by atoms with Crippen molar-refractivity contribution in [3.63, 3.8) is 0 Å². The summed E-state index contributed by atoms with van der Waals surface area (Å²) in [7, 11) is 5.08. The average Bonchev–Trinajstić information content (AvgIpc) is 3.19. The van der Waals surface area contributed by atoms with Gasteiger partial charge in [-0.1, -0.05) is 0 Å². The largest absolute Gasteiger partial charge is 0.496 e. The first-order chi connectivity index (χ1) is 11.1. The van der Waals surface area contributed by atoms with Crippen molar-refractivity contribution in [3.05, 3.63) is 23.9 Å². The second-order valence-corrected chi connectivity index (χ2v) is 5.91. The Morgan fingerprint density at radius 3 is 2.61 bits per heavy atom. The van der Waals surface area contributed by atoms with Gasteiger partial charge in [0.1, 0.15) is 17.2 Å². The molecule has 1 atom stereocenters. The number of amides is 1. The lowest BCUT2D eigenvalue weighted by Gasteiger charge is -2.16. The zero-order chi connectivity index (χ0) is 16.6. The molecule has 1 aromatic carbocycles. The van der Waals surface area contributed by atoms with Gasteiger partial charge in [0.2, 0.25) is 0 Å². The van der Waals surface area contributed by atoms with E-state index < -0.39 is 0 Å². The van der Waals surface area contributed by atoms with E-state index in [4.69, 9.17) is 9.47 Å². The smallest absolute Gasteiger partial charge is 0.270 e. The minimum absolute atomic E-state index is 0.0243. The van der Waals surface area contributed by atoms with Crippen molar-refractivity contribution in [2.75, 3.05) is 33.9 Å². The van der Waals surface area contributed by atoms with Crippen LogP contribution >= 0.6 is 0 Å². The van der Waals surface area contributed by atoms with Crippen molar-refractivity contribution < 1.29 is 19.4 Å². The van der Waals surface area contributed by atoms with Crippen LogP contribution in [0.25, 0.3) is 10.9 Å². The quantitative estimate of drug-likeness (QED) is 0.931. The molecule has 0 aliphatic carbocycles. The summed E-state index contributed by atoms with van der Waals surface area (Å²) in [6, 6.07) is 5.53. The molecule has 0 saturated carbocycles. The number of methoxy groups -OCH3 is 2. The van der Waals surface area contributed by atoms with Crippen LogP contribution in [0.1, 0.15) is 16.9 Å². The van der Waals surface area contributed by atoms with Gasteiger partial charge in [0.15, 0.2) is 0 Å². The molecule has 1 aliphatic heterocycles. The summed E-state index contributed by atoms with van der Waals surface area (Å²) >= 11 is 0. The molecule has 0 spiro atoms. The number of carbonyl (C=O) groups is 1. The summed E-state index contributed by atoms with van der Waals surface area (Å²) in [5.41, 5.74) is 1.44. The van der Waals surface area contributed by atoms with Crippen molar-refractivity contribution in [2.45, 2.75) is 6.42 Å². The first-order valence-corrected chi connectivity index (χ1v) is 7.71. The Morgan fingerprint density at radius 1 is 1.30 bits per heavy atom. The van der Waals surface area contributed by atoms with Gasteiger partial charge in [-0.15, -0.1) is 0 Å². The predicted octanol–water partition coefficient (Wildman–Crippen LogP) is 1.65. The number of hydrogen-bond acceptors (Lipinski definition) is 4. The number of fused-ring (bicyclic) bond motifs is 1. The molecular weight excluding hydrogens is 296 g/mol. The minimum atomic E-state index is -0.0243. The van der Waals surface area contributed by atoms with Crippen molar-refractivity contribution in [3.8, 4) is 11.5 Å². The highest BCUT2D eigenvalue weighted by atomic mass is 16.5. The summed E-state index contributed by atoms with van der Waals surface area (Å²) in [6.07, 6.45) is 0.846. The summed E-state index contributed by atoms with van der Waals surface area (Å²) in [6.45, 7) is 1.41. The maximum Gasteiger partial charge on any atom is 0.270 e. The van der Waals surface area contributed by atoms with Crippen LogP contribution in [-0.4, -0.2) is 54.4 Å². The third kappa shape index (κ3) is 2.53. The number of aliphatic hydroxyl groups excluding tert-OH is 1. The maximum absolute atomic E-state index is 12.8. The van der Waals surface area contributed by atoms with Crippen LogP contribution in [0.5, 0.6) is 11.5 Å². The normalized spacial score (nSPS) is 17.7. The Balaban J connectivity index is 2.05. The fourth-order valence-electron chi connectivity index (χ4n) is 3.29. The van der Waals surface area contributed by atoms with Gasteiger partial charge in [0.25, 0.3) is 5.91 Å². The molecule has 1 aliphatic rings. The lowest BCUT2D eigenvalue weighted by Crippen LogP contribution is -2.30. The van der Waals surface area contributed by atoms with Gasteiger partial charge < -0.3 is 24.0 Å². The molecule has 6 nitrogen and oxygen atoms in total. The summed E-state index contributed by atoms with van der Waals surface area (Å²) < 4.78 is 12.7. The third-order valence-electron chi connectivity index (χ3n) is 4.61. The lowest BCUT2D eigenvalue weighted by atomic mass is 10.1. The number of benzene rings is 1. The van der Waals surface area contributed by atoms with Crippen molar-refractivity contribution in [1.29, 1.82) is 0 Å². The van der Waals surface area contributed by atoms with Gasteiger partial charge in [-0.3, -0.25) is 4.79 Å². The fraction of sp³-hybridized carbons (Fsp3) is 0.471. The van der Waals surface area contributed by atoms with Crippen LogP contribution in [0.15, 0.2) is 18.2 Å². The summed E-state index contributed by atoms with van der Waals surface area (Å²) in [5, 5.41) is 10.1. The lowest BCUT2D eigenvalue weighted by molar-refractivity contribution is 0.0773. The molecule has 0 unspecified atom stereocenters. The molecule has 2 aromatic rings. The number of ether oxygens (including phenoxy) is 2. The van der Waals surface area contributed by atoms with Crippen molar-refractivity contribution in [1.82, 2.24) is 9.47 Å². The number of aryl methyl sites for hydroxylation is 1. The van der Waals surface area contributed by atoms with Crippen LogP contribution in [-0.2, 0) is 7.05 Å². The van der Waals surface area contributed by atoms with Crippen molar-refractivity contribution >= 4 is 16.8 Å². The number of nitrogens with zero attached hydrogens (tertiary/aromatic N) is 2. The van der Waals surface area contributed by atoms with E-state index in [0.29, 0.717) is 30.3 Å². The van der Waals surface area contributed by atoms with Crippen LogP contribution in [0, 0.1) is 5.92 Å². The van der Waals surface area contributed by atoms with E-state index in [2.05, 4.69) is 0 Å². The Kier molecular flexibility index (Phi) is 4.17. The molecule has 1 aromatic heterocycles. The molecule has 0 bridgehead atoms. The number of carbonyl (C=O) groups excluding carboxylic acids is 1. The topological polar surface area (TPSA) is 63.9 Å². The predicted molar refractivity (Wildman–Crippen MR) is 87.1 cm³/mol. The number of aromatic nitrogens is 1. The number of rotatable bonds is 4. The molecule has 1 N–H and O–H groups in total. The van der Waals surface area contributed by atoms with Gasteiger partial charge in [-0.25, -0.2) is 0 Å². The van der Waals surface area contributed by atoms with E-state index >= 15 is 0 Å². The fourth-order valence-corrected chi connectivity index (χ4v) is 3.29. The highest BCUT2D eigenvalue weighted by Crippen LogP contribution is 2.35. The summed E-state index contributed by atoms with van der Waals surface area (Å²) in [4.78, 5) is 14.6. The number of hydrogen-bond donors (Lipinski definition) is 1. The van der Waals surface area contributed by atoms with Gasteiger partial charge in [0.05, 0.1) is 19.7 Å². The highest BCUT2D eigenvalue weighted by molar-refractivity contribution is 6.02. The van der Waals surface area contributed by atoms with E-state index in [1.54, 1.807) is 19.1 Å². The second kappa shape index (κ2) is 6.12. The summed E-state index contributed by atoms with van der Waals surface area (Å²) in [5.74, 6) is 1.57. The van der Waals surface area contributed by atoms with Gasteiger partial charge in [-0.2, -0.15) is 0 Å². The van der Waals surface area contributed by atoms with Gasteiger partial charge in [0, 0.05) is 38.0 Å². The molecule has 124 valence electrons. The average molecular weight is 318 g/mol. The maximum atomic E-state index is 12.8. The van der Waals surface area contributed by atoms with Crippen LogP contribution in [0.3, 0.4) is 0 Å². The number of aliphatic hydroxyl groups is 1. The van der Waals surface area contributed by atoms with E-state index in [-0.39, 0.29) is 18.4 Å². The van der Waals surface area contributed by atoms with E-state index in [1.165, 1.54) is 0 Å². The van der Waals surface area contributed by atoms with Crippen LogP contribution < -0.4 is 9.47 Å². The van der Waals surface area contributed by atoms with Gasteiger partial charge >= 0.3 is 0 Å². The molecule has 1 amide bonds. The Morgan fingerprint density at radius 2 is 2.00 bits per heavy atom. The zero-order valence-electron chi connectivity index (χ0n) is 13.7. The van der Waals surface area contributed by atoms with E-state index in [9.17, 15) is 9.90 Å². The van der Waals surface area contributed by atoms with Gasteiger partial charge in [-0.05, 0) is 24.6 Å².